The van der Waals surface area contributed by atoms with Gasteiger partial charge in [-0.05, 0) is 5.56 Å². The van der Waals surface area contributed by atoms with E-state index >= 15 is 0 Å². The van der Waals surface area contributed by atoms with Gasteiger partial charge in [-0.1, -0.05) is 30.3 Å². The van der Waals surface area contributed by atoms with Crippen molar-refractivity contribution in [3.8, 4) is 0 Å². The van der Waals surface area contributed by atoms with Crippen LogP contribution in [0, 0.1) is 0 Å². The zero-order valence-electron chi connectivity index (χ0n) is 12.5. The second-order valence-corrected chi connectivity index (χ2v) is 7.24. The molecule has 0 radical (unpaired) electrons. The molecule has 1 unspecified atom stereocenters. The van der Waals surface area contributed by atoms with Gasteiger partial charge in [0, 0.05) is 32.7 Å². The molecule has 1 aliphatic rings. The molecule has 0 amide bonds. The van der Waals surface area contributed by atoms with Gasteiger partial charge in [0.05, 0.1) is 5.75 Å². The van der Waals surface area contributed by atoms with Crippen LogP contribution in [0.1, 0.15) is 5.56 Å². The lowest BCUT2D eigenvalue weighted by molar-refractivity contribution is -0.182. The molecule has 1 heterocycles. The minimum absolute atomic E-state index is 0.241. The van der Waals surface area contributed by atoms with Gasteiger partial charge in [-0.3, -0.25) is 4.90 Å². The molecule has 1 atom stereocenters. The first-order valence-electron chi connectivity index (χ1n) is 7.31. The van der Waals surface area contributed by atoms with Gasteiger partial charge in [0.2, 0.25) is 10.0 Å². The summed E-state index contributed by atoms with van der Waals surface area (Å²) >= 11 is 0. The van der Waals surface area contributed by atoms with Gasteiger partial charge < -0.3 is 5.32 Å². The van der Waals surface area contributed by atoms with Crippen LogP contribution in [0.25, 0.3) is 0 Å². The summed E-state index contributed by atoms with van der Waals surface area (Å²) in [6.07, 6.45) is -4.48. The zero-order chi connectivity index (χ0) is 16.9. The summed E-state index contributed by atoms with van der Waals surface area (Å²) in [6.45, 7) is 0.737. The lowest BCUT2D eigenvalue weighted by Gasteiger charge is -2.35. The van der Waals surface area contributed by atoms with Gasteiger partial charge in [0.15, 0.2) is 0 Å². The van der Waals surface area contributed by atoms with Crippen molar-refractivity contribution in [2.24, 2.45) is 0 Å². The highest BCUT2D eigenvalue weighted by Crippen LogP contribution is 2.25. The van der Waals surface area contributed by atoms with E-state index in [1.54, 1.807) is 30.3 Å². The first kappa shape index (κ1) is 18.2. The highest BCUT2D eigenvalue weighted by Gasteiger charge is 2.44. The van der Waals surface area contributed by atoms with Crippen molar-refractivity contribution in [2.45, 2.75) is 18.0 Å². The highest BCUT2D eigenvalue weighted by molar-refractivity contribution is 7.88. The van der Waals surface area contributed by atoms with E-state index in [1.165, 1.54) is 4.90 Å². The third-order valence-electron chi connectivity index (χ3n) is 3.67. The fourth-order valence-corrected chi connectivity index (χ4v) is 3.64. The molecule has 1 aromatic carbocycles. The van der Waals surface area contributed by atoms with Crippen LogP contribution in [0.5, 0.6) is 0 Å². The SMILES string of the molecule is O=S(=O)(Cc1ccccc1)NCC(N1CCNCC1)C(F)(F)F. The topological polar surface area (TPSA) is 61.4 Å². The number of sulfonamides is 1. The molecule has 1 aliphatic heterocycles. The van der Waals surface area contributed by atoms with Gasteiger partial charge in [-0.2, -0.15) is 13.2 Å². The number of piperazine rings is 1. The molecular weight excluding hydrogens is 331 g/mol. The van der Waals surface area contributed by atoms with Crippen molar-refractivity contribution < 1.29 is 21.6 Å². The monoisotopic (exact) mass is 351 g/mol. The van der Waals surface area contributed by atoms with E-state index in [4.69, 9.17) is 0 Å². The standard InChI is InChI=1S/C14H20F3N3O2S/c15-14(16,17)13(20-8-6-18-7-9-20)10-19-23(21,22)11-12-4-2-1-3-5-12/h1-5,13,18-19H,6-11H2. The van der Waals surface area contributed by atoms with Crippen molar-refractivity contribution in [2.75, 3.05) is 32.7 Å². The third-order valence-corrected chi connectivity index (χ3v) is 4.99. The van der Waals surface area contributed by atoms with E-state index < -0.39 is 28.8 Å². The number of rotatable bonds is 6. The maximum atomic E-state index is 13.2. The number of alkyl halides is 3. The lowest BCUT2D eigenvalue weighted by Crippen LogP contribution is -2.57. The van der Waals surface area contributed by atoms with Crippen molar-refractivity contribution >= 4 is 10.0 Å². The number of halogens is 3. The molecule has 130 valence electrons. The van der Waals surface area contributed by atoms with Crippen LogP contribution in [0.4, 0.5) is 13.2 Å². The van der Waals surface area contributed by atoms with E-state index in [-0.39, 0.29) is 18.8 Å². The Morgan fingerprint density at radius 3 is 2.35 bits per heavy atom. The average molecular weight is 351 g/mol. The smallest absolute Gasteiger partial charge is 0.314 e. The number of benzene rings is 1. The maximum Gasteiger partial charge on any atom is 0.405 e. The molecular formula is C14H20F3N3O2S. The Labute approximate surface area is 133 Å². The van der Waals surface area contributed by atoms with Crippen molar-refractivity contribution in [3.05, 3.63) is 35.9 Å². The minimum Gasteiger partial charge on any atom is -0.314 e. The number of nitrogens with zero attached hydrogens (tertiary/aromatic N) is 1. The van der Waals surface area contributed by atoms with Crippen LogP contribution in [0.2, 0.25) is 0 Å². The quantitative estimate of drug-likeness (QED) is 0.801. The van der Waals surface area contributed by atoms with E-state index in [0.717, 1.165) is 0 Å². The summed E-state index contributed by atoms with van der Waals surface area (Å²) in [5.74, 6) is -0.333. The first-order chi connectivity index (χ1) is 10.8. The second kappa shape index (κ2) is 7.61. The summed E-state index contributed by atoms with van der Waals surface area (Å²) in [4.78, 5) is 1.27. The fraction of sp³-hybridized carbons (Fsp3) is 0.571. The molecule has 0 aliphatic carbocycles. The minimum atomic E-state index is -4.48. The predicted molar refractivity (Wildman–Crippen MR) is 81.4 cm³/mol. The number of nitrogens with one attached hydrogen (secondary N) is 2. The summed E-state index contributed by atoms with van der Waals surface area (Å²) in [5.41, 5.74) is 0.533. The molecule has 23 heavy (non-hydrogen) atoms. The number of hydrogen-bond acceptors (Lipinski definition) is 4. The van der Waals surface area contributed by atoms with Crippen LogP contribution >= 0.6 is 0 Å². The predicted octanol–water partition coefficient (Wildman–Crippen LogP) is 0.942. The van der Waals surface area contributed by atoms with Gasteiger partial charge in [0.1, 0.15) is 6.04 Å². The van der Waals surface area contributed by atoms with Crippen molar-refractivity contribution in [1.82, 2.24) is 14.9 Å². The van der Waals surface area contributed by atoms with E-state index in [2.05, 4.69) is 10.0 Å². The number of hydrogen-bond donors (Lipinski definition) is 2. The molecule has 0 bridgehead atoms. The van der Waals surface area contributed by atoms with E-state index in [9.17, 15) is 21.6 Å². The van der Waals surface area contributed by atoms with Crippen LogP contribution in [0.3, 0.4) is 0 Å². The molecule has 9 heteroatoms. The second-order valence-electron chi connectivity index (χ2n) is 5.44. The van der Waals surface area contributed by atoms with Gasteiger partial charge in [-0.25, -0.2) is 13.1 Å². The van der Waals surface area contributed by atoms with E-state index in [0.29, 0.717) is 18.7 Å². The largest absolute Gasteiger partial charge is 0.405 e. The lowest BCUT2D eigenvalue weighted by atomic mass is 10.2. The van der Waals surface area contributed by atoms with Crippen molar-refractivity contribution in [3.63, 3.8) is 0 Å². The van der Waals surface area contributed by atoms with Gasteiger partial charge >= 0.3 is 6.18 Å². The average Bonchev–Trinajstić information content (AvgIpc) is 2.47. The Morgan fingerprint density at radius 1 is 1.17 bits per heavy atom. The molecule has 1 fully saturated rings. The molecule has 1 saturated heterocycles. The molecule has 1 aromatic rings. The molecule has 2 rings (SSSR count). The molecule has 0 saturated carbocycles. The van der Waals surface area contributed by atoms with Crippen LogP contribution in [0.15, 0.2) is 30.3 Å². The summed E-state index contributed by atoms with van der Waals surface area (Å²) in [7, 11) is -3.82. The summed E-state index contributed by atoms with van der Waals surface area (Å²) in [5, 5.41) is 2.98. The van der Waals surface area contributed by atoms with Crippen LogP contribution in [-0.4, -0.2) is 58.3 Å². The normalized spacial score (nSPS) is 18.7. The van der Waals surface area contributed by atoms with Crippen molar-refractivity contribution in [1.29, 1.82) is 0 Å². The molecule has 0 spiro atoms. The Kier molecular flexibility index (Phi) is 6.01. The Hall–Kier alpha value is -1.16. The van der Waals surface area contributed by atoms with E-state index in [1.807, 2.05) is 0 Å². The van der Waals surface area contributed by atoms with Crippen LogP contribution in [-0.2, 0) is 15.8 Å². The fourth-order valence-electron chi connectivity index (χ4n) is 2.50. The molecule has 5 nitrogen and oxygen atoms in total. The van der Waals surface area contributed by atoms with Gasteiger partial charge in [0.25, 0.3) is 0 Å². The van der Waals surface area contributed by atoms with Crippen LogP contribution < -0.4 is 10.0 Å². The molecule has 2 N–H and O–H groups in total. The van der Waals surface area contributed by atoms with Gasteiger partial charge in [-0.15, -0.1) is 0 Å². The highest BCUT2D eigenvalue weighted by atomic mass is 32.2. The summed E-state index contributed by atoms with van der Waals surface area (Å²) in [6, 6.07) is 6.55. The Morgan fingerprint density at radius 2 is 1.78 bits per heavy atom. The maximum absolute atomic E-state index is 13.2. The zero-order valence-corrected chi connectivity index (χ0v) is 13.3. The summed E-state index contributed by atoms with van der Waals surface area (Å²) < 4.78 is 65.7. The first-order valence-corrected chi connectivity index (χ1v) is 8.96. The third kappa shape index (κ3) is 5.76. The Balaban J connectivity index is 1.99. The Bertz CT molecular complexity index is 587. The molecule has 0 aromatic heterocycles.